The molecule has 0 saturated carbocycles. The molecule has 4 aromatic rings. The number of aryl methyl sites for hydroxylation is 1. The summed E-state index contributed by atoms with van der Waals surface area (Å²) >= 11 is 0. The summed E-state index contributed by atoms with van der Waals surface area (Å²) in [7, 11) is 0. The highest BCUT2D eigenvalue weighted by molar-refractivity contribution is 5.82. The van der Waals surface area contributed by atoms with Gasteiger partial charge in [0.15, 0.2) is 0 Å². The van der Waals surface area contributed by atoms with Gasteiger partial charge >= 0.3 is 0 Å². The second-order valence-corrected chi connectivity index (χ2v) is 5.80. The van der Waals surface area contributed by atoms with Crippen LogP contribution in [0.3, 0.4) is 0 Å². The fraction of sp³-hybridized carbons (Fsp3) is 0.136. The van der Waals surface area contributed by atoms with Gasteiger partial charge in [-0.15, -0.1) is 0 Å². The number of hydrogen-bond donors (Lipinski definition) is 2. The molecule has 27 heavy (non-hydrogen) atoms. The van der Waals surface area contributed by atoms with E-state index in [1.54, 1.807) is 12.4 Å². The van der Waals surface area contributed by atoms with Crippen molar-refractivity contribution in [2.75, 3.05) is 10.6 Å². The van der Waals surface area contributed by atoms with Crippen LogP contribution in [0.1, 0.15) is 19.4 Å². The van der Waals surface area contributed by atoms with Crippen molar-refractivity contribution in [3.8, 4) is 0 Å². The molecule has 5 nitrogen and oxygen atoms in total. The third-order valence-corrected chi connectivity index (χ3v) is 3.79. The van der Waals surface area contributed by atoms with Crippen LogP contribution in [0.4, 0.5) is 23.1 Å². The van der Waals surface area contributed by atoms with Gasteiger partial charge in [-0.25, -0.2) is 4.98 Å². The number of nitrogens with one attached hydrogen (secondary N) is 2. The van der Waals surface area contributed by atoms with Crippen LogP contribution in [-0.4, -0.2) is 15.0 Å². The van der Waals surface area contributed by atoms with Gasteiger partial charge in [-0.1, -0.05) is 44.2 Å². The summed E-state index contributed by atoms with van der Waals surface area (Å²) in [5.74, 6) is 1.26. The summed E-state index contributed by atoms with van der Waals surface area (Å²) in [6.45, 7) is 6.05. The van der Waals surface area contributed by atoms with Crippen LogP contribution in [-0.2, 0) is 0 Å². The van der Waals surface area contributed by atoms with Crippen LogP contribution >= 0.6 is 0 Å². The Labute approximate surface area is 159 Å². The van der Waals surface area contributed by atoms with Gasteiger partial charge in [0.25, 0.3) is 0 Å². The first kappa shape index (κ1) is 18.3. The molecule has 0 aliphatic heterocycles. The molecule has 2 aromatic carbocycles. The largest absolute Gasteiger partial charge is 0.339 e. The van der Waals surface area contributed by atoms with Gasteiger partial charge in [-0.3, -0.25) is 4.98 Å². The van der Waals surface area contributed by atoms with Gasteiger partial charge in [-0.05, 0) is 42.8 Å². The fourth-order valence-corrected chi connectivity index (χ4v) is 2.63. The maximum absolute atomic E-state index is 4.51. The van der Waals surface area contributed by atoms with E-state index in [-0.39, 0.29) is 0 Å². The molecule has 2 heterocycles. The average Bonchev–Trinajstić information content (AvgIpc) is 2.70. The molecule has 0 unspecified atom stereocenters. The molecule has 0 radical (unpaired) electrons. The van der Waals surface area contributed by atoms with E-state index in [0.29, 0.717) is 11.8 Å². The molecule has 5 heteroatoms. The molecule has 2 N–H and O–H groups in total. The Morgan fingerprint density at radius 1 is 0.778 bits per heavy atom. The molecule has 136 valence electrons. The van der Waals surface area contributed by atoms with Crippen LogP contribution in [0, 0.1) is 6.92 Å². The molecule has 0 bridgehead atoms. The first-order valence-electron chi connectivity index (χ1n) is 9.05. The quantitative estimate of drug-likeness (QED) is 0.480. The predicted molar refractivity (Wildman–Crippen MR) is 113 cm³/mol. The Morgan fingerprint density at radius 3 is 2.48 bits per heavy atom. The van der Waals surface area contributed by atoms with E-state index < -0.39 is 0 Å². The Kier molecular flexibility index (Phi) is 5.94. The number of para-hydroxylation sites is 1. The molecule has 4 rings (SSSR count). The number of benzene rings is 2. The Bertz CT molecular complexity index is 1030. The van der Waals surface area contributed by atoms with Gasteiger partial charge in [-0.2, -0.15) is 4.98 Å². The maximum Gasteiger partial charge on any atom is 0.229 e. The van der Waals surface area contributed by atoms with Crippen LogP contribution in [0.5, 0.6) is 0 Å². The summed E-state index contributed by atoms with van der Waals surface area (Å²) in [5, 5.41) is 7.59. The number of anilines is 4. The van der Waals surface area contributed by atoms with Gasteiger partial charge < -0.3 is 10.6 Å². The van der Waals surface area contributed by atoms with E-state index in [0.717, 1.165) is 22.3 Å². The highest BCUT2D eigenvalue weighted by Crippen LogP contribution is 2.20. The van der Waals surface area contributed by atoms with E-state index in [9.17, 15) is 0 Å². The minimum Gasteiger partial charge on any atom is -0.339 e. The van der Waals surface area contributed by atoms with Gasteiger partial charge in [0.05, 0.1) is 17.4 Å². The van der Waals surface area contributed by atoms with E-state index in [1.165, 1.54) is 5.56 Å². The normalized spacial score (nSPS) is 10.0. The van der Waals surface area contributed by atoms with E-state index in [1.807, 2.05) is 56.3 Å². The van der Waals surface area contributed by atoms with Crippen LogP contribution in [0.2, 0.25) is 0 Å². The van der Waals surface area contributed by atoms with Crippen molar-refractivity contribution in [2.24, 2.45) is 0 Å². The van der Waals surface area contributed by atoms with Crippen LogP contribution in [0.25, 0.3) is 10.9 Å². The Morgan fingerprint density at radius 2 is 1.63 bits per heavy atom. The fourth-order valence-electron chi connectivity index (χ4n) is 2.63. The van der Waals surface area contributed by atoms with Crippen LogP contribution in [0.15, 0.2) is 73.1 Å². The van der Waals surface area contributed by atoms with Crippen molar-refractivity contribution >= 4 is 34.0 Å². The van der Waals surface area contributed by atoms with Crippen molar-refractivity contribution in [3.63, 3.8) is 0 Å². The molecule has 0 aliphatic carbocycles. The number of aromatic nitrogens is 3. The van der Waals surface area contributed by atoms with Crippen molar-refractivity contribution < 1.29 is 0 Å². The number of hydrogen-bond acceptors (Lipinski definition) is 5. The van der Waals surface area contributed by atoms with Gasteiger partial charge in [0, 0.05) is 17.3 Å². The number of fused-ring (bicyclic) bond motifs is 1. The highest BCUT2D eigenvalue weighted by Gasteiger charge is 2.03. The lowest BCUT2D eigenvalue weighted by Crippen LogP contribution is -2.00. The molecule has 0 fully saturated rings. The molecule has 2 aromatic heterocycles. The zero-order chi connectivity index (χ0) is 19.1. The summed E-state index contributed by atoms with van der Waals surface area (Å²) in [4.78, 5) is 13.2. The minimum absolute atomic E-state index is 0.546. The lowest BCUT2D eigenvalue weighted by atomic mass is 10.2. The Balaban J connectivity index is 0.00000102. The van der Waals surface area contributed by atoms with E-state index in [2.05, 4.69) is 50.7 Å². The third kappa shape index (κ3) is 4.79. The summed E-state index contributed by atoms with van der Waals surface area (Å²) in [6, 6.07) is 20.0. The lowest BCUT2D eigenvalue weighted by Gasteiger charge is -2.09. The standard InChI is InChI=1S/C20H17N5.C2H6/c1-14-5-4-7-16(11-14)24-20-21-10-9-19(25-20)23-17-12-15-6-2-3-8-18(15)22-13-17;1-2/h2-13H,1H3,(H2,21,23,24,25);1-2H3. The Hall–Kier alpha value is -3.47. The van der Waals surface area contributed by atoms with Gasteiger partial charge in [0.1, 0.15) is 5.82 Å². The van der Waals surface area contributed by atoms with Gasteiger partial charge in [0.2, 0.25) is 5.95 Å². The molecule has 0 aliphatic rings. The monoisotopic (exact) mass is 357 g/mol. The topological polar surface area (TPSA) is 62.7 Å². The zero-order valence-corrected chi connectivity index (χ0v) is 15.8. The predicted octanol–water partition coefficient (Wildman–Crippen LogP) is 5.85. The molecule has 0 saturated heterocycles. The van der Waals surface area contributed by atoms with E-state index in [4.69, 9.17) is 0 Å². The van der Waals surface area contributed by atoms with Crippen molar-refractivity contribution in [2.45, 2.75) is 20.8 Å². The highest BCUT2D eigenvalue weighted by atomic mass is 15.1. The molecular formula is C22H23N5. The smallest absolute Gasteiger partial charge is 0.229 e. The number of nitrogens with zero attached hydrogens (tertiary/aromatic N) is 3. The summed E-state index contributed by atoms with van der Waals surface area (Å²) in [5.41, 5.74) is 4.00. The van der Waals surface area contributed by atoms with Crippen LogP contribution < -0.4 is 10.6 Å². The lowest BCUT2D eigenvalue weighted by molar-refractivity contribution is 1.16. The first-order valence-corrected chi connectivity index (χ1v) is 9.05. The van der Waals surface area contributed by atoms with Crippen molar-refractivity contribution in [1.82, 2.24) is 15.0 Å². The number of pyridine rings is 1. The second kappa shape index (κ2) is 8.76. The molecule has 0 spiro atoms. The average molecular weight is 357 g/mol. The third-order valence-electron chi connectivity index (χ3n) is 3.79. The molecule has 0 atom stereocenters. The SMILES string of the molecule is CC.Cc1cccc(Nc2nccc(Nc3cnc4ccccc4c3)n2)c1. The van der Waals surface area contributed by atoms with Crippen molar-refractivity contribution in [1.29, 1.82) is 0 Å². The zero-order valence-electron chi connectivity index (χ0n) is 15.8. The molecule has 0 amide bonds. The first-order chi connectivity index (χ1) is 13.3. The number of rotatable bonds is 4. The minimum atomic E-state index is 0.546. The van der Waals surface area contributed by atoms with Crippen molar-refractivity contribution in [3.05, 3.63) is 78.6 Å². The van der Waals surface area contributed by atoms with E-state index >= 15 is 0 Å². The summed E-state index contributed by atoms with van der Waals surface area (Å²) in [6.07, 6.45) is 3.53. The second-order valence-electron chi connectivity index (χ2n) is 5.80. The molecular weight excluding hydrogens is 334 g/mol. The summed E-state index contributed by atoms with van der Waals surface area (Å²) < 4.78 is 0. The maximum atomic E-state index is 4.51.